The Morgan fingerprint density at radius 2 is 1.68 bits per heavy atom. The standard InChI is InChI=1S/C25H22N4OS/c30-24-21-18-13-7-8-14-20(18)31-25(21)27-23(26-24)19-15-29(17-11-5-2-6-12-17)28-22(19)16-9-3-1-4-10-16/h1-6,9-12,15,23,27H,7-8,13-14H2,(H,26,30). The van der Waals surface area contributed by atoms with Crippen molar-refractivity contribution in [1.29, 1.82) is 0 Å². The first kappa shape index (κ1) is 18.4. The molecule has 1 aliphatic carbocycles. The van der Waals surface area contributed by atoms with Crippen molar-refractivity contribution < 1.29 is 4.79 Å². The summed E-state index contributed by atoms with van der Waals surface area (Å²) in [7, 11) is 0. The molecule has 0 radical (unpaired) electrons. The smallest absolute Gasteiger partial charge is 0.256 e. The average molecular weight is 427 g/mol. The molecule has 5 nitrogen and oxygen atoms in total. The van der Waals surface area contributed by atoms with Crippen molar-refractivity contribution in [2.45, 2.75) is 31.8 Å². The third-order valence-corrected chi connectivity index (χ3v) is 7.29. The highest BCUT2D eigenvalue weighted by Crippen LogP contribution is 2.42. The van der Waals surface area contributed by atoms with Crippen molar-refractivity contribution in [3.8, 4) is 16.9 Å². The van der Waals surface area contributed by atoms with Crippen molar-refractivity contribution in [2.24, 2.45) is 0 Å². The first-order valence-corrected chi connectivity index (χ1v) is 11.5. The van der Waals surface area contributed by atoms with E-state index in [0.717, 1.165) is 52.3 Å². The van der Waals surface area contributed by atoms with E-state index in [1.807, 2.05) is 59.4 Å². The Morgan fingerprint density at radius 1 is 0.935 bits per heavy atom. The molecular formula is C25H22N4OS. The molecule has 0 fully saturated rings. The molecule has 2 aromatic heterocycles. The number of carbonyl (C=O) groups is 1. The second-order valence-corrected chi connectivity index (χ2v) is 9.15. The molecule has 0 saturated carbocycles. The zero-order chi connectivity index (χ0) is 20.8. The molecule has 1 amide bonds. The van der Waals surface area contributed by atoms with Gasteiger partial charge in [0.2, 0.25) is 0 Å². The van der Waals surface area contributed by atoms with Gasteiger partial charge in [0.15, 0.2) is 0 Å². The molecule has 1 unspecified atom stereocenters. The number of rotatable bonds is 3. The predicted octanol–water partition coefficient (Wildman–Crippen LogP) is 5.33. The number of nitrogens with one attached hydrogen (secondary N) is 2. The van der Waals surface area contributed by atoms with Gasteiger partial charge in [-0.05, 0) is 43.4 Å². The average Bonchev–Trinajstić information content (AvgIpc) is 3.42. The summed E-state index contributed by atoms with van der Waals surface area (Å²) >= 11 is 1.75. The highest BCUT2D eigenvalue weighted by atomic mass is 32.1. The number of carbonyl (C=O) groups excluding carboxylic acids is 1. The van der Waals surface area contributed by atoms with Gasteiger partial charge in [-0.15, -0.1) is 11.3 Å². The monoisotopic (exact) mass is 426 g/mol. The Hall–Kier alpha value is -3.38. The zero-order valence-electron chi connectivity index (χ0n) is 17.0. The Morgan fingerprint density at radius 3 is 2.48 bits per heavy atom. The number of hydrogen-bond acceptors (Lipinski definition) is 4. The molecule has 0 bridgehead atoms. The quantitative estimate of drug-likeness (QED) is 0.465. The number of anilines is 1. The van der Waals surface area contributed by atoms with Crippen molar-refractivity contribution in [1.82, 2.24) is 15.1 Å². The van der Waals surface area contributed by atoms with E-state index in [1.54, 1.807) is 11.3 Å². The van der Waals surface area contributed by atoms with Gasteiger partial charge in [0.25, 0.3) is 5.91 Å². The van der Waals surface area contributed by atoms with Gasteiger partial charge in [-0.1, -0.05) is 48.5 Å². The molecule has 0 saturated heterocycles. The molecule has 3 heterocycles. The van der Waals surface area contributed by atoms with E-state index in [4.69, 9.17) is 5.10 Å². The van der Waals surface area contributed by atoms with E-state index in [-0.39, 0.29) is 12.1 Å². The second kappa shape index (κ2) is 7.39. The molecule has 2 aliphatic rings. The van der Waals surface area contributed by atoms with Crippen LogP contribution in [0.5, 0.6) is 0 Å². The summed E-state index contributed by atoms with van der Waals surface area (Å²) in [5.41, 5.74) is 5.94. The largest absolute Gasteiger partial charge is 0.352 e. The number of hydrogen-bond donors (Lipinski definition) is 2. The molecule has 1 atom stereocenters. The number of aryl methyl sites for hydroxylation is 1. The maximum atomic E-state index is 13.2. The fraction of sp³-hybridized carbons (Fsp3) is 0.200. The summed E-state index contributed by atoms with van der Waals surface area (Å²) in [6, 6.07) is 20.2. The number of fused-ring (bicyclic) bond motifs is 3. The summed E-state index contributed by atoms with van der Waals surface area (Å²) in [6.07, 6.45) is 6.14. The van der Waals surface area contributed by atoms with Crippen LogP contribution in [0.15, 0.2) is 66.9 Å². The van der Waals surface area contributed by atoms with Crippen LogP contribution in [-0.2, 0) is 12.8 Å². The van der Waals surface area contributed by atoms with Crippen LogP contribution in [-0.4, -0.2) is 15.7 Å². The predicted molar refractivity (Wildman–Crippen MR) is 124 cm³/mol. The molecule has 6 heteroatoms. The van der Waals surface area contributed by atoms with Crippen LogP contribution in [0.3, 0.4) is 0 Å². The van der Waals surface area contributed by atoms with Gasteiger partial charge in [-0.3, -0.25) is 4.79 Å². The van der Waals surface area contributed by atoms with Crippen LogP contribution in [0.4, 0.5) is 5.00 Å². The van der Waals surface area contributed by atoms with Crippen molar-refractivity contribution in [3.63, 3.8) is 0 Å². The van der Waals surface area contributed by atoms with Crippen LogP contribution in [0.25, 0.3) is 16.9 Å². The van der Waals surface area contributed by atoms with Gasteiger partial charge in [-0.25, -0.2) is 4.68 Å². The fourth-order valence-electron chi connectivity index (χ4n) is 4.57. The lowest BCUT2D eigenvalue weighted by Crippen LogP contribution is -2.38. The minimum Gasteiger partial charge on any atom is -0.352 e. The topological polar surface area (TPSA) is 59.0 Å². The normalized spacial score (nSPS) is 17.4. The minimum absolute atomic E-state index is 0.0182. The number of thiophene rings is 1. The molecule has 2 N–H and O–H groups in total. The Kier molecular flexibility index (Phi) is 4.39. The van der Waals surface area contributed by atoms with E-state index in [1.165, 1.54) is 16.9 Å². The van der Waals surface area contributed by atoms with Gasteiger partial charge in [0.05, 0.1) is 16.9 Å². The van der Waals surface area contributed by atoms with Gasteiger partial charge in [0, 0.05) is 22.2 Å². The SMILES string of the molecule is O=C1NC(c2cn(-c3ccccc3)nc2-c2ccccc2)Nc2sc3c(c21)CCCC3. The number of para-hydroxylation sites is 1. The highest BCUT2D eigenvalue weighted by molar-refractivity contribution is 7.16. The lowest BCUT2D eigenvalue weighted by Gasteiger charge is -2.26. The Labute approximate surface area is 184 Å². The Balaban J connectivity index is 1.45. The zero-order valence-corrected chi connectivity index (χ0v) is 17.8. The van der Waals surface area contributed by atoms with Crippen LogP contribution in [0.1, 0.15) is 45.4 Å². The summed E-state index contributed by atoms with van der Waals surface area (Å²) in [4.78, 5) is 14.5. The van der Waals surface area contributed by atoms with Crippen LogP contribution < -0.4 is 10.6 Å². The molecular weight excluding hydrogens is 404 g/mol. The molecule has 6 rings (SSSR count). The number of aromatic nitrogens is 2. The Bertz CT molecular complexity index is 1260. The lowest BCUT2D eigenvalue weighted by molar-refractivity contribution is 0.0935. The molecule has 154 valence electrons. The second-order valence-electron chi connectivity index (χ2n) is 8.05. The summed E-state index contributed by atoms with van der Waals surface area (Å²) < 4.78 is 1.89. The van der Waals surface area contributed by atoms with E-state index >= 15 is 0 Å². The maximum absolute atomic E-state index is 13.2. The van der Waals surface area contributed by atoms with Crippen LogP contribution >= 0.6 is 11.3 Å². The van der Waals surface area contributed by atoms with Crippen molar-refractivity contribution in [2.75, 3.05) is 5.32 Å². The minimum atomic E-state index is -0.326. The van der Waals surface area contributed by atoms with Crippen LogP contribution in [0.2, 0.25) is 0 Å². The number of amides is 1. The summed E-state index contributed by atoms with van der Waals surface area (Å²) in [5.74, 6) is 0.0182. The van der Waals surface area contributed by atoms with E-state index in [0.29, 0.717) is 0 Å². The van der Waals surface area contributed by atoms with Crippen molar-refractivity contribution in [3.05, 3.63) is 88.4 Å². The maximum Gasteiger partial charge on any atom is 0.256 e. The lowest BCUT2D eigenvalue weighted by atomic mass is 9.94. The molecule has 0 spiro atoms. The summed E-state index contributed by atoms with van der Waals surface area (Å²) in [5, 5.41) is 12.7. The first-order chi connectivity index (χ1) is 15.3. The number of nitrogens with zero attached hydrogens (tertiary/aromatic N) is 2. The first-order valence-electron chi connectivity index (χ1n) is 10.7. The van der Waals surface area contributed by atoms with Gasteiger partial charge < -0.3 is 10.6 Å². The van der Waals surface area contributed by atoms with Gasteiger partial charge >= 0.3 is 0 Å². The van der Waals surface area contributed by atoms with Crippen LogP contribution in [0, 0.1) is 0 Å². The third kappa shape index (κ3) is 3.15. The van der Waals surface area contributed by atoms with Crippen molar-refractivity contribution >= 4 is 22.2 Å². The van der Waals surface area contributed by atoms with Gasteiger partial charge in [0.1, 0.15) is 11.2 Å². The summed E-state index contributed by atoms with van der Waals surface area (Å²) in [6.45, 7) is 0. The van der Waals surface area contributed by atoms with E-state index < -0.39 is 0 Å². The molecule has 31 heavy (non-hydrogen) atoms. The molecule has 4 aromatic rings. The molecule has 2 aromatic carbocycles. The third-order valence-electron chi connectivity index (χ3n) is 6.07. The fourth-order valence-corrected chi connectivity index (χ4v) is 5.88. The molecule has 1 aliphatic heterocycles. The highest BCUT2D eigenvalue weighted by Gasteiger charge is 2.33. The number of benzene rings is 2. The van der Waals surface area contributed by atoms with E-state index in [9.17, 15) is 4.79 Å². The van der Waals surface area contributed by atoms with E-state index in [2.05, 4.69) is 22.8 Å². The van der Waals surface area contributed by atoms with Gasteiger partial charge in [-0.2, -0.15) is 5.10 Å².